The van der Waals surface area contributed by atoms with E-state index in [0.717, 1.165) is 11.3 Å². The van der Waals surface area contributed by atoms with Crippen LogP contribution in [-0.2, 0) is 4.74 Å². The van der Waals surface area contributed by atoms with Crippen LogP contribution in [0.4, 0.5) is 0 Å². The molecule has 3 rings (SSSR count). The number of carbonyl (C=O) groups is 1. The summed E-state index contributed by atoms with van der Waals surface area (Å²) < 4.78 is 22.6. The summed E-state index contributed by atoms with van der Waals surface area (Å²) in [7, 11) is 4.75. The van der Waals surface area contributed by atoms with Gasteiger partial charge in [0, 0.05) is 5.56 Å². The van der Waals surface area contributed by atoms with Gasteiger partial charge in [0.05, 0.1) is 39.3 Å². The largest absolute Gasteiger partial charge is 0.497 e. The molecule has 7 heteroatoms. The molecule has 0 aliphatic carbocycles. The summed E-state index contributed by atoms with van der Waals surface area (Å²) in [5, 5.41) is 4.62. The second-order valence-electron chi connectivity index (χ2n) is 5.81. The highest BCUT2D eigenvalue weighted by atomic mass is 16.5. The fraction of sp³-hybridized carbons (Fsp3) is 0.238. The predicted octanol–water partition coefficient (Wildman–Crippen LogP) is 3.74. The van der Waals surface area contributed by atoms with Crippen molar-refractivity contribution in [3.05, 3.63) is 54.2 Å². The first kappa shape index (κ1) is 19.3. The van der Waals surface area contributed by atoms with Gasteiger partial charge >= 0.3 is 5.97 Å². The normalized spacial score (nSPS) is 10.4. The molecule has 0 radical (unpaired) electrons. The van der Waals surface area contributed by atoms with E-state index in [1.54, 1.807) is 45.1 Å². The predicted molar refractivity (Wildman–Crippen MR) is 105 cm³/mol. The Morgan fingerprint density at radius 2 is 1.64 bits per heavy atom. The first-order valence-corrected chi connectivity index (χ1v) is 8.75. The van der Waals surface area contributed by atoms with Crippen molar-refractivity contribution in [2.45, 2.75) is 6.92 Å². The number of esters is 1. The van der Waals surface area contributed by atoms with Gasteiger partial charge < -0.3 is 18.9 Å². The van der Waals surface area contributed by atoms with E-state index in [9.17, 15) is 4.79 Å². The third-order valence-electron chi connectivity index (χ3n) is 4.19. The number of ether oxygens (including phenoxy) is 4. The minimum Gasteiger partial charge on any atom is -0.497 e. The van der Waals surface area contributed by atoms with Crippen molar-refractivity contribution in [1.29, 1.82) is 0 Å². The highest BCUT2D eigenvalue weighted by Gasteiger charge is 2.19. The van der Waals surface area contributed by atoms with Crippen molar-refractivity contribution in [3.63, 3.8) is 0 Å². The molecule has 146 valence electrons. The van der Waals surface area contributed by atoms with E-state index in [-0.39, 0.29) is 6.61 Å². The van der Waals surface area contributed by atoms with Gasteiger partial charge in [0.1, 0.15) is 5.75 Å². The molecule has 0 unspecified atom stereocenters. The van der Waals surface area contributed by atoms with Crippen LogP contribution >= 0.6 is 0 Å². The maximum Gasteiger partial charge on any atom is 0.357 e. The molecule has 28 heavy (non-hydrogen) atoms. The van der Waals surface area contributed by atoms with Gasteiger partial charge in [-0.25, -0.2) is 9.48 Å². The summed E-state index contributed by atoms with van der Waals surface area (Å²) in [5.74, 6) is 1.47. The minimum absolute atomic E-state index is 0.276. The van der Waals surface area contributed by atoms with Crippen LogP contribution in [0.25, 0.3) is 16.9 Å². The van der Waals surface area contributed by atoms with Gasteiger partial charge in [0.15, 0.2) is 17.2 Å². The highest BCUT2D eigenvalue weighted by molar-refractivity contribution is 5.90. The molecule has 0 bridgehead atoms. The van der Waals surface area contributed by atoms with E-state index >= 15 is 0 Å². The molecule has 0 saturated heterocycles. The summed E-state index contributed by atoms with van der Waals surface area (Å²) in [5.41, 5.74) is 2.45. The maximum absolute atomic E-state index is 12.5. The number of carbonyl (C=O) groups excluding carboxylic acids is 1. The van der Waals surface area contributed by atoms with Crippen LogP contribution in [0, 0.1) is 0 Å². The molecule has 0 atom stereocenters. The van der Waals surface area contributed by atoms with Crippen molar-refractivity contribution in [2.75, 3.05) is 27.9 Å². The second-order valence-corrected chi connectivity index (χ2v) is 5.81. The average Bonchev–Trinajstić information content (AvgIpc) is 3.19. The van der Waals surface area contributed by atoms with Crippen molar-refractivity contribution >= 4 is 5.97 Å². The lowest BCUT2D eigenvalue weighted by Gasteiger charge is -2.08. The third kappa shape index (κ3) is 3.78. The Kier molecular flexibility index (Phi) is 5.84. The molecular weight excluding hydrogens is 360 g/mol. The zero-order chi connectivity index (χ0) is 20.1. The van der Waals surface area contributed by atoms with Crippen molar-refractivity contribution in [1.82, 2.24) is 9.78 Å². The lowest BCUT2D eigenvalue weighted by Crippen LogP contribution is -2.11. The zero-order valence-electron chi connectivity index (χ0n) is 16.3. The van der Waals surface area contributed by atoms with Gasteiger partial charge in [0.2, 0.25) is 0 Å². The molecule has 0 fully saturated rings. The molecule has 3 aromatic rings. The Balaban J connectivity index is 2.09. The van der Waals surface area contributed by atoms with E-state index in [2.05, 4.69) is 5.10 Å². The monoisotopic (exact) mass is 382 g/mol. The van der Waals surface area contributed by atoms with Gasteiger partial charge in [-0.05, 0) is 55.5 Å². The Morgan fingerprint density at radius 1 is 0.929 bits per heavy atom. The molecule has 0 spiro atoms. The summed E-state index contributed by atoms with van der Waals surface area (Å²) in [6, 6.07) is 14.4. The first-order chi connectivity index (χ1) is 13.6. The summed E-state index contributed by atoms with van der Waals surface area (Å²) in [6.07, 6.45) is 0. The Bertz CT molecular complexity index is 963. The van der Waals surface area contributed by atoms with Crippen LogP contribution in [0.3, 0.4) is 0 Å². The number of rotatable bonds is 7. The van der Waals surface area contributed by atoms with Gasteiger partial charge in [-0.1, -0.05) is 0 Å². The van der Waals surface area contributed by atoms with E-state index in [4.69, 9.17) is 18.9 Å². The van der Waals surface area contributed by atoms with Crippen molar-refractivity contribution < 1.29 is 23.7 Å². The van der Waals surface area contributed by atoms with Crippen LogP contribution in [0.2, 0.25) is 0 Å². The molecule has 1 heterocycles. The van der Waals surface area contributed by atoms with Crippen molar-refractivity contribution in [3.8, 4) is 34.2 Å². The smallest absolute Gasteiger partial charge is 0.357 e. The Labute approximate surface area is 163 Å². The lowest BCUT2D eigenvalue weighted by atomic mass is 10.1. The lowest BCUT2D eigenvalue weighted by molar-refractivity contribution is 0.0515. The zero-order valence-corrected chi connectivity index (χ0v) is 16.3. The third-order valence-corrected chi connectivity index (χ3v) is 4.19. The molecule has 0 aliphatic rings. The standard InChI is InChI=1S/C21H22N2O5/c1-5-28-21(24)18-13-17(14-6-11-19(26-3)20(12-14)27-4)22-23(18)15-7-9-16(25-2)10-8-15/h6-13H,5H2,1-4H3. The summed E-state index contributed by atoms with van der Waals surface area (Å²) in [6.45, 7) is 2.04. The Morgan fingerprint density at radius 3 is 2.25 bits per heavy atom. The van der Waals surface area contributed by atoms with E-state index in [0.29, 0.717) is 28.6 Å². The number of methoxy groups -OCH3 is 3. The molecule has 1 aromatic heterocycles. The molecule has 0 amide bonds. The van der Waals surface area contributed by atoms with Crippen molar-refractivity contribution in [2.24, 2.45) is 0 Å². The number of nitrogens with zero attached hydrogens (tertiary/aromatic N) is 2. The second kappa shape index (κ2) is 8.47. The molecular formula is C21H22N2O5. The maximum atomic E-state index is 12.5. The number of aromatic nitrogens is 2. The summed E-state index contributed by atoms with van der Waals surface area (Å²) >= 11 is 0. The van der Waals surface area contributed by atoms with Gasteiger partial charge in [-0.15, -0.1) is 0 Å². The van der Waals surface area contributed by atoms with E-state index < -0.39 is 5.97 Å². The van der Waals surface area contributed by atoms with E-state index in [1.165, 1.54) is 0 Å². The van der Waals surface area contributed by atoms with Crippen LogP contribution in [-0.4, -0.2) is 43.7 Å². The Hall–Kier alpha value is -3.48. The molecule has 0 N–H and O–H groups in total. The van der Waals surface area contributed by atoms with Gasteiger partial charge in [0.25, 0.3) is 0 Å². The van der Waals surface area contributed by atoms with Crippen LogP contribution in [0.5, 0.6) is 17.2 Å². The van der Waals surface area contributed by atoms with Crippen LogP contribution in [0.15, 0.2) is 48.5 Å². The topological polar surface area (TPSA) is 71.8 Å². The quantitative estimate of drug-likeness (QED) is 0.580. The highest BCUT2D eigenvalue weighted by Crippen LogP contribution is 2.32. The first-order valence-electron chi connectivity index (χ1n) is 8.75. The van der Waals surface area contributed by atoms with E-state index in [1.807, 2.05) is 36.4 Å². The SMILES string of the molecule is CCOC(=O)c1cc(-c2ccc(OC)c(OC)c2)nn1-c1ccc(OC)cc1. The van der Waals surface area contributed by atoms with Gasteiger partial charge in [-0.3, -0.25) is 0 Å². The molecule has 7 nitrogen and oxygen atoms in total. The van der Waals surface area contributed by atoms with Crippen LogP contribution in [0.1, 0.15) is 17.4 Å². The van der Waals surface area contributed by atoms with Gasteiger partial charge in [-0.2, -0.15) is 5.10 Å². The number of benzene rings is 2. The molecule has 0 saturated carbocycles. The van der Waals surface area contributed by atoms with Crippen LogP contribution < -0.4 is 14.2 Å². The number of hydrogen-bond donors (Lipinski definition) is 0. The minimum atomic E-state index is -0.447. The number of hydrogen-bond acceptors (Lipinski definition) is 6. The molecule has 2 aromatic carbocycles. The summed E-state index contributed by atoms with van der Waals surface area (Å²) in [4.78, 5) is 12.5. The molecule has 0 aliphatic heterocycles. The fourth-order valence-electron chi connectivity index (χ4n) is 2.79. The fourth-order valence-corrected chi connectivity index (χ4v) is 2.79. The average molecular weight is 382 g/mol.